The van der Waals surface area contributed by atoms with Gasteiger partial charge < -0.3 is 4.74 Å². The minimum Gasteiger partial charge on any atom is -0.469 e. The van der Waals surface area contributed by atoms with Gasteiger partial charge in [-0.3, -0.25) is 14.9 Å². The molecule has 1 N–H and O–H groups in total. The van der Waals surface area contributed by atoms with Crippen LogP contribution in [0, 0.1) is 0 Å². The van der Waals surface area contributed by atoms with E-state index in [-0.39, 0.29) is 12.1 Å². The van der Waals surface area contributed by atoms with Gasteiger partial charge in [-0.1, -0.05) is 28.9 Å². The van der Waals surface area contributed by atoms with E-state index in [4.69, 9.17) is 11.6 Å². The number of nitrogens with one attached hydrogen (secondary N) is 1. The fraction of sp³-hybridized carbons (Fsp3) is 0.133. The first-order chi connectivity index (χ1) is 12.1. The van der Waals surface area contributed by atoms with Crippen molar-refractivity contribution < 1.29 is 14.3 Å². The lowest BCUT2D eigenvalue weighted by Gasteiger charge is -2.01. The lowest BCUT2D eigenvalue weighted by molar-refractivity contribution is -0.139. The van der Waals surface area contributed by atoms with E-state index in [0.29, 0.717) is 21.5 Å². The summed E-state index contributed by atoms with van der Waals surface area (Å²) >= 11 is 7.30. The molecule has 0 saturated carbocycles. The number of benzene rings is 1. The van der Waals surface area contributed by atoms with Gasteiger partial charge in [-0.15, -0.1) is 16.4 Å². The SMILES string of the molecule is COC(=O)Cc1csc(NC(=O)c2cn(-c3ccccc3Cl)nn2)n1. The molecular weight excluding hydrogens is 366 g/mol. The van der Waals surface area contributed by atoms with Crippen LogP contribution in [0.5, 0.6) is 0 Å². The molecule has 1 aromatic carbocycles. The highest BCUT2D eigenvalue weighted by molar-refractivity contribution is 7.14. The summed E-state index contributed by atoms with van der Waals surface area (Å²) in [5.41, 5.74) is 1.25. The van der Waals surface area contributed by atoms with Crippen molar-refractivity contribution in [1.82, 2.24) is 20.0 Å². The molecule has 0 fully saturated rings. The van der Waals surface area contributed by atoms with E-state index < -0.39 is 11.9 Å². The van der Waals surface area contributed by atoms with Crippen LogP contribution in [0.2, 0.25) is 5.02 Å². The summed E-state index contributed by atoms with van der Waals surface area (Å²) in [4.78, 5) is 27.6. The second-order valence-electron chi connectivity index (χ2n) is 4.85. The number of amides is 1. The van der Waals surface area contributed by atoms with Crippen molar-refractivity contribution in [3.05, 3.63) is 52.3 Å². The van der Waals surface area contributed by atoms with Crippen LogP contribution in [-0.2, 0) is 16.0 Å². The number of rotatable bonds is 5. The quantitative estimate of drug-likeness (QED) is 0.685. The topological polar surface area (TPSA) is 99.0 Å². The molecule has 8 nitrogen and oxygen atoms in total. The number of anilines is 1. The molecule has 3 aromatic rings. The molecule has 0 radical (unpaired) electrons. The highest BCUT2D eigenvalue weighted by atomic mass is 35.5. The third kappa shape index (κ3) is 4.01. The summed E-state index contributed by atoms with van der Waals surface area (Å²) in [6.45, 7) is 0. The average molecular weight is 378 g/mol. The molecule has 2 heterocycles. The molecule has 0 atom stereocenters. The van der Waals surface area contributed by atoms with E-state index in [2.05, 4.69) is 25.3 Å². The van der Waals surface area contributed by atoms with E-state index >= 15 is 0 Å². The second kappa shape index (κ2) is 7.41. The van der Waals surface area contributed by atoms with Gasteiger partial charge in [0.15, 0.2) is 10.8 Å². The molecule has 10 heteroatoms. The lowest BCUT2D eigenvalue weighted by Crippen LogP contribution is -2.12. The standard InChI is InChI=1S/C15H12ClN5O3S/c1-24-13(22)6-9-8-25-15(17-9)18-14(23)11-7-21(20-19-11)12-5-3-2-4-10(12)16/h2-5,7-8H,6H2,1H3,(H,17,18,23). The van der Waals surface area contributed by atoms with Crippen LogP contribution in [0.25, 0.3) is 5.69 Å². The molecule has 0 spiro atoms. The largest absolute Gasteiger partial charge is 0.469 e. The minimum atomic E-state index is -0.461. The maximum Gasteiger partial charge on any atom is 0.311 e. The summed E-state index contributed by atoms with van der Waals surface area (Å²) in [5, 5.41) is 12.9. The Hall–Kier alpha value is -2.78. The zero-order valence-corrected chi connectivity index (χ0v) is 14.5. The molecule has 0 aliphatic rings. The highest BCUT2D eigenvalue weighted by Gasteiger charge is 2.15. The van der Waals surface area contributed by atoms with Crippen molar-refractivity contribution in [2.45, 2.75) is 6.42 Å². The number of halogens is 1. The fourth-order valence-corrected chi connectivity index (χ4v) is 2.88. The Bertz CT molecular complexity index is 923. The number of hydrogen-bond acceptors (Lipinski definition) is 7. The van der Waals surface area contributed by atoms with Crippen molar-refractivity contribution in [2.75, 3.05) is 12.4 Å². The first kappa shape index (κ1) is 17.1. The molecule has 0 saturated heterocycles. The van der Waals surface area contributed by atoms with Gasteiger partial charge in [-0.05, 0) is 12.1 Å². The summed E-state index contributed by atoms with van der Waals surface area (Å²) < 4.78 is 5.99. The number of esters is 1. The van der Waals surface area contributed by atoms with Gasteiger partial charge >= 0.3 is 5.97 Å². The van der Waals surface area contributed by atoms with Crippen LogP contribution in [-0.4, -0.2) is 39.0 Å². The van der Waals surface area contributed by atoms with Crippen molar-refractivity contribution in [2.24, 2.45) is 0 Å². The normalized spacial score (nSPS) is 10.5. The van der Waals surface area contributed by atoms with Crippen LogP contribution < -0.4 is 5.32 Å². The monoisotopic (exact) mass is 377 g/mol. The molecule has 0 bridgehead atoms. The number of aromatic nitrogens is 4. The summed E-state index contributed by atoms with van der Waals surface area (Å²) in [7, 11) is 1.31. The van der Waals surface area contributed by atoms with Crippen LogP contribution in [0.3, 0.4) is 0 Å². The Balaban J connectivity index is 1.70. The molecule has 2 aromatic heterocycles. The maximum atomic E-state index is 12.2. The smallest absolute Gasteiger partial charge is 0.311 e. The number of ether oxygens (including phenoxy) is 1. The Kier molecular flexibility index (Phi) is 5.05. The zero-order chi connectivity index (χ0) is 17.8. The number of methoxy groups -OCH3 is 1. The van der Waals surface area contributed by atoms with Gasteiger partial charge in [0, 0.05) is 5.38 Å². The summed E-state index contributed by atoms with van der Waals surface area (Å²) in [5.74, 6) is -0.858. The van der Waals surface area contributed by atoms with Crippen molar-refractivity contribution >= 4 is 39.9 Å². The maximum absolute atomic E-state index is 12.2. The molecule has 0 unspecified atom stereocenters. The minimum absolute atomic E-state index is 0.0472. The number of carbonyl (C=O) groups excluding carboxylic acids is 2. The van der Waals surface area contributed by atoms with Crippen molar-refractivity contribution in [3.8, 4) is 5.69 Å². The van der Waals surface area contributed by atoms with E-state index in [1.807, 2.05) is 0 Å². The van der Waals surface area contributed by atoms with Gasteiger partial charge in [0.2, 0.25) is 0 Å². The Morgan fingerprint density at radius 2 is 2.16 bits per heavy atom. The Labute approximate surface area is 151 Å². The number of nitrogens with zero attached hydrogens (tertiary/aromatic N) is 4. The van der Waals surface area contributed by atoms with Gasteiger partial charge in [-0.25, -0.2) is 9.67 Å². The average Bonchev–Trinajstić information content (AvgIpc) is 3.25. The van der Waals surface area contributed by atoms with Crippen molar-refractivity contribution in [1.29, 1.82) is 0 Å². The highest BCUT2D eigenvalue weighted by Crippen LogP contribution is 2.20. The molecule has 3 rings (SSSR count). The Morgan fingerprint density at radius 3 is 2.92 bits per heavy atom. The number of para-hydroxylation sites is 1. The lowest BCUT2D eigenvalue weighted by atomic mass is 10.3. The summed E-state index contributed by atoms with van der Waals surface area (Å²) in [6.07, 6.45) is 1.52. The van der Waals surface area contributed by atoms with Crippen LogP contribution in [0.15, 0.2) is 35.8 Å². The van der Waals surface area contributed by atoms with Crippen molar-refractivity contribution in [3.63, 3.8) is 0 Å². The number of hydrogen-bond donors (Lipinski definition) is 1. The number of carbonyl (C=O) groups is 2. The van der Waals surface area contributed by atoms with Crippen LogP contribution in [0.1, 0.15) is 16.2 Å². The van der Waals surface area contributed by atoms with E-state index in [1.54, 1.807) is 29.6 Å². The molecule has 1 amide bonds. The first-order valence-corrected chi connectivity index (χ1v) is 8.32. The van der Waals surface area contributed by atoms with E-state index in [9.17, 15) is 9.59 Å². The van der Waals surface area contributed by atoms with Gasteiger partial charge in [-0.2, -0.15) is 0 Å². The fourth-order valence-electron chi connectivity index (χ4n) is 1.95. The predicted molar refractivity (Wildman–Crippen MR) is 92.2 cm³/mol. The third-order valence-electron chi connectivity index (χ3n) is 3.15. The zero-order valence-electron chi connectivity index (χ0n) is 13.0. The second-order valence-corrected chi connectivity index (χ2v) is 6.12. The molecule has 128 valence electrons. The molecule has 0 aliphatic heterocycles. The first-order valence-electron chi connectivity index (χ1n) is 7.06. The number of thiazole rings is 1. The van der Waals surface area contributed by atoms with Gasteiger partial charge in [0.05, 0.1) is 36.1 Å². The van der Waals surface area contributed by atoms with Gasteiger partial charge in [0.25, 0.3) is 5.91 Å². The molecular formula is C15H12ClN5O3S. The van der Waals surface area contributed by atoms with Crippen LogP contribution >= 0.6 is 22.9 Å². The molecule has 25 heavy (non-hydrogen) atoms. The van der Waals surface area contributed by atoms with Gasteiger partial charge in [0.1, 0.15) is 0 Å². The molecule has 0 aliphatic carbocycles. The third-order valence-corrected chi connectivity index (χ3v) is 4.28. The van der Waals surface area contributed by atoms with E-state index in [0.717, 1.165) is 0 Å². The van der Waals surface area contributed by atoms with Crippen LogP contribution in [0.4, 0.5) is 5.13 Å². The summed E-state index contributed by atoms with van der Waals surface area (Å²) in [6, 6.07) is 7.08. The predicted octanol–water partition coefficient (Wildman–Crippen LogP) is 2.34. The Morgan fingerprint density at radius 1 is 1.36 bits per heavy atom. The van der Waals surface area contributed by atoms with E-state index in [1.165, 1.54) is 29.3 Å².